The molecule has 14 heavy (non-hydrogen) atoms. The maximum Gasteiger partial charge on any atom is 0.305 e. The van der Waals surface area contributed by atoms with Crippen LogP contribution in [0.1, 0.15) is 18.2 Å². The molecular formula is C8H9N3O3. The molecule has 2 N–H and O–H groups in total. The highest BCUT2D eigenvalue weighted by molar-refractivity contribution is 5.68. The quantitative estimate of drug-likeness (QED) is 0.631. The van der Waals surface area contributed by atoms with E-state index in [-0.39, 0.29) is 6.42 Å². The van der Waals surface area contributed by atoms with Gasteiger partial charge in [0.05, 0.1) is 18.2 Å². The van der Waals surface area contributed by atoms with Crippen LogP contribution in [0.4, 0.5) is 0 Å². The third kappa shape index (κ3) is 2.81. The highest BCUT2D eigenvalue weighted by atomic mass is 16.4. The molecule has 0 spiro atoms. The van der Waals surface area contributed by atoms with Crippen molar-refractivity contribution in [1.29, 1.82) is 0 Å². The van der Waals surface area contributed by atoms with Crippen molar-refractivity contribution in [3.05, 3.63) is 24.3 Å². The van der Waals surface area contributed by atoms with Crippen LogP contribution in [-0.2, 0) is 9.59 Å². The summed E-state index contributed by atoms with van der Waals surface area (Å²) in [5.74, 6) is -0.997. The highest BCUT2D eigenvalue weighted by Gasteiger charge is 2.15. The lowest BCUT2D eigenvalue weighted by Crippen LogP contribution is -2.23. The number of carbonyl (C=O) groups is 2. The summed E-state index contributed by atoms with van der Waals surface area (Å²) >= 11 is 0. The fourth-order valence-electron chi connectivity index (χ4n) is 1.01. The van der Waals surface area contributed by atoms with Crippen LogP contribution in [0.3, 0.4) is 0 Å². The number of hydrogen-bond donors (Lipinski definition) is 2. The van der Waals surface area contributed by atoms with Gasteiger partial charge in [-0.1, -0.05) is 0 Å². The summed E-state index contributed by atoms with van der Waals surface area (Å²) in [6.07, 6.45) is 3.05. The van der Waals surface area contributed by atoms with Gasteiger partial charge in [0.15, 0.2) is 0 Å². The fraction of sp³-hybridized carbons (Fsp3) is 0.250. The van der Waals surface area contributed by atoms with Gasteiger partial charge in [-0.15, -0.1) is 0 Å². The molecule has 0 saturated carbocycles. The fourth-order valence-corrected chi connectivity index (χ4v) is 1.01. The molecule has 1 amide bonds. The number of nitrogens with one attached hydrogen (secondary N) is 1. The standard InChI is InChI=1S/C8H9N3O3/c12-5-11-7(3-8(13)14)6-1-2-9-4-10-6/h1-2,4-5,7H,3H2,(H,11,12)(H,13,14)/t7-/m0/s1. The molecule has 0 fully saturated rings. The van der Waals surface area contributed by atoms with Crippen LogP contribution in [0.2, 0.25) is 0 Å². The van der Waals surface area contributed by atoms with Gasteiger partial charge in [0.2, 0.25) is 6.41 Å². The van der Waals surface area contributed by atoms with E-state index in [9.17, 15) is 9.59 Å². The minimum Gasteiger partial charge on any atom is -0.481 e. The van der Waals surface area contributed by atoms with E-state index in [4.69, 9.17) is 5.11 Å². The summed E-state index contributed by atoms with van der Waals surface area (Å²) in [7, 11) is 0. The molecule has 1 aromatic heterocycles. The van der Waals surface area contributed by atoms with Gasteiger partial charge in [0.25, 0.3) is 0 Å². The van der Waals surface area contributed by atoms with Crippen LogP contribution >= 0.6 is 0 Å². The topological polar surface area (TPSA) is 92.2 Å². The zero-order chi connectivity index (χ0) is 10.4. The Labute approximate surface area is 80.0 Å². The zero-order valence-corrected chi connectivity index (χ0v) is 7.25. The molecule has 0 unspecified atom stereocenters. The Hall–Kier alpha value is -1.98. The van der Waals surface area contributed by atoms with Crippen LogP contribution in [0.5, 0.6) is 0 Å². The Bertz CT molecular complexity index is 315. The van der Waals surface area contributed by atoms with Crippen molar-refractivity contribution in [2.24, 2.45) is 0 Å². The first-order valence-electron chi connectivity index (χ1n) is 3.91. The van der Waals surface area contributed by atoms with Gasteiger partial charge in [-0.3, -0.25) is 9.59 Å². The van der Waals surface area contributed by atoms with Gasteiger partial charge < -0.3 is 10.4 Å². The molecule has 1 heterocycles. The second-order valence-corrected chi connectivity index (χ2v) is 2.57. The summed E-state index contributed by atoms with van der Waals surface area (Å²) in [6, 6.07) is 0.956. The molecule has 0 aliphatic carbocycles. The predicted molar refractivity (Wildman–Crippen MR) is 46.2 cm³/mol. The van der Waals surface area contributed by atoms with E-state index in [1.165, 1.54) is 12.5 Å². The van der Waals surface area contributed by atoms with Crippen molar-refractivity contribution in [3.8, 4) is 0 Å². The van der Waals surface area contributed by atoms with E-state index >= 15 is 0 Å². The van der Waals surface area contributed by atoms with Crippen molar-refractivity contribution in [2.75, 3.05) is 0 Å². The number of aromatic nitrogens is 2. The molecule has 1 atom stereocenters. The number of carbonyl (C=O) groups excluding carboxylic acids is 1. The first-order valence-corrected chi connectivity index (χ1v) is 3.91. The average Bonchev–Trinajstić information content (AvgIpc) is 2.18. The van der Waals surface area contributed by atoms with Crippen molar-refractivity contribution in [1.82, 2.24) is 15.3 Å². The molecule has 0 aliphatic rings. The van der Waals surface area contributed by atoms with Gasteiger partial charge >= 0.3 is 5.97 Å². The Morgan fingerprint density at radius 2 is 2.50 bits per heavy atom. The van der Waals surface area contributed by atoms with E-state index in [1.807, 2.05) is 0 Å². The van der Waals surface area contributed by atoms with Gasteiger partial charge in [0, 0.05) is 6.20 Å². The first kappa shape index (κ1) is 10.1. The number of carboxylic acid groups (broad SMARTS) is 1. The minimum absolute atomic E-state index is 0.199. The van der Waals surface area contributed by atoms with Crippen molar-refractivity contribution in [2.45, 2.75) is 12.5 Å². The molecule has 0 saturated heterocycles. The van der Waals surface area contributed by atoms with Crippen LogP contribution in [0.25, 0.3) is 0 Å². The average molecular weight is 195 g/mol. The molecule has 0 aliphatic heterocycles. The Balaban J connectivity index is 2.77. The number of amides is 1. The van der Waals surface area contributed by atoms with Crippen LogP contribution in [0.15, 0.2) is 18.6 Å². The van der Waals surface area contributed by atoms with Crippen LogP contribution in [0, 0.1) is 0 Å². The molecule has 0 bridgehead atoms. The maximum atomic E-state index is 10.5. The predicted octanol–water partition coefficient (Wildman–Crippen LogP) is -0.262. The van der Waals surface area contributed by atoms with Gasteiger partial charge in [-0.2, -0.15) is 0 Å². The van der Waals surface area contributed by atoms with Gasteiger partial charge in [-0.05, 0) is 6.07 Å². The molecule has 74 valence electrons. The summed E-state index contributed by atoms with van der Waals surface area (Å²) < 4.78 is 0. The normalized spacial score (nSPS) is 11.7. The molecule has 0 radical (unpaired) electrons. The molecule has 0 aromatic carbocycles. The molecule has 6 nitrogen and oxygen atoms in total. The number of carboxylic acids is 1. The Morgan fingerprint density at radius 3 is 3.00 bits per heavy atom. The summed E-state index contributed by atoms with van der Waals surface area (Å²) in [4.78, 5) is 28.2. The smallest absolute Gasteiger partial charge is 0.305 e. The lowest BCUT2D eigenvalue weighted by atomic mass is 10.1. The second-order valence-electron chi connectivity index (χ2n) is 2.57. The van der Waals surface area contributed by atoms with E-state index in [2.05, 4.69) is 15.3 Å². The SMILES string of the molecule is O=CN[C@@H](CC(=O)O)c1ccncn1. The molecule has 1 rings (SSSR count). The lowest BCUT2D eigenvalue weighted by Gasteiger charge is -2.11. The number of aliphatic carboxylic acids is 1. The molecule has 1 aromatic rings. The second kappa shape index (κ2) is 4.90. The van der Waals surface area contributed by atoms with E-state index in [0.717, 1.165) is 0 Å². The number of rotatable bonds is 5. The van der Waals surface area contributed by atoms with E-state index < -0.39 is 12.0 Å². The lowest BCUT2D eigenvalue weighted by molar-refractivity contribution is -0.137. The van der Waals surface area contributed by atoms with E-state index in [1.54, 1.807) is 6.07 Å². The third-order valence-corrected chi connectivity index (χ3v) is 1.61. The van der Waals surface area contributed by atoms with Gasteiger partial charge in [-0.25, -0.2) is 9.97 Å². The first-order chi connectivity index (χ1) is 6.74. The number of nitrogens with zero attached hydrogens (tertiary/aromatic N) is 2. The Kier molecular flexibility index (Phi) is 3.54. The summed E-state index contributed by atoms with van der Waals surface area (Å²) in [5.41, 5.74) is 0.481. The van der Waals surface area contributed by atoms with Crippen molar-refractivity contribution >= 4 is 12.4 Å². The van der Waals surface area contributed by atoms with Crippen molar-refractivity contribution < 1.29 is 14.7 Å². The largest absolute Gasteiger partial charge is 0.481 e. The summed E-state index contributed by atoms with van der Waals surface area (Å²) in [5, 5.41) is 11.0. The monoisotopic (exact) mass is 195 g/mol. The van der Waals surface area contributed by atoms with Crippen molar-refractivity contribution in [3.63, 3.8) is 0 Å². The molecular weight excluding hydrogens is 186 g/mol. The number of hydrogen-bond acceptors (Lipinski definition) is 4. The Morgan fingerprint density at radius 1 is 1.71 bits per heavy atom. The zero-order valence-electron chi connectivity index (χ0n) is 7.25. The molecule has 6 heteroatoms. The third-order valence-electron chi connectivity index (χ3n) is 1.61. The van der Waals surface area contributed by atoms with E-state index in [0.29, 0.717) is 12.1 Å². The highest BCUT2D eigenvalue weighted by Crippen LogP contribution is 2.11. The van der Waals surface area contributed by atoms with Gasteiger partial charge in [0.1, 0.15) is 6.33 Å². The van der Waals surface area contributed by atoms with Crippen LogP contribution < -0.4 is 5.32 Å². The van der Waals surface area contributed by atoms with Crippen LogP contribution in [-0.4, -0.2) is 27.5 Å². The minimum atomic E-state index is -0.997. The summed E-state index contributed by atoms with van der Waals surface area (Å²) in [6.45, 7) is 0. The maximum absolute atomic E-state index is 10.5.